The molecule has 1 amide bonds. The number of hydrogen-bond acceptors (Lipinski definition) is 6. The molecule has 4 heterocycles. The first-order valence-electron chi connectivity index (χ1n) is 9.11. The van der Waals surface area contributed by atoms with Gasteiger partial charge in [0.15, 0.2) is 5.03 Å². The third-order valence-electron chi connectivity index (χ3n) is 5.18. The van der Waals surface area contributed by atoms with Gasteiger partial charge in [0.25, 0.3) is 10.0 Å². The Kier molecular flexibility index (Phi) is 4.50. The van der Waals surface area contributed by atoms with E-state index in [4.69, 9.17) is 0 Å². The van der Waals surface area contributed by atoms with Gasteiger partial charge in [0.2, 0.25) is 5.91 Å². The van der Waals surface area contributed by atoms with Crippen LogP contribution in [0, 0.1) is 6.92 Å². The predicted molar refractivity (Wildman–Crippen MR) is 95.1 cm³/mol. The van der Waals surface area contributed by atoms with Gasteiger partial charge in [-0.05, 0) is 20.3 Å². The third-order valence-corrected chi connectivity index (χ3v) is 6.89. The first kappa shape index (κ1) is 18.1. The number of amides is 1. The van der Waals surface area contributed by atoms with E-state index in [0.29, 0.717) is 38.4 Å². The molecule has 0 N–H and O–H groups in total. The molecule has 0 aliphatic carbocycles. The van der Waals surface area contributed by atoms with Crippen LogP contribution in [0.4, 0.5) is 0 Å². The molecule has 2 saturated heterocycles. The molecule has 4 rings (SSSR count). The number of aromatic nitrogens is 5. The van der Waals surface area contributed by atoms with Crippen LogP contribution < -0.4 is 0 Å². The van der Waals surface area contributed by atoms with Crippen LogP contribution in [-0.4, -0.2) is 67.7 Å². The second kappa shape index (κ2) is 6.71. The fraction of sp³-hybridized carbons (Fsp3) is 0.625. The van der Waals surface area contributed by atoms with Crippen LogP contribution in [0.25, 0.3) is 0 Å². The summed E-state index contributed by atoms with van der Waals surface area (Å²) in [6.45, 7) is 6.31. The summed E-state index contributed by atoms with van der Waals surface area (Å²) in [5, 5.41) is 8.33. The van der Waals surface area contributed by atoms with Gasteiger partial charge >= 0.3 is 0 Å². The van der Waals surface area contributed by atoms with Crippen molar-refractivity contribution < 1.29 is 13.2 Å². The van der Waals surface area contributed by atoms with Crippen LogP contribution in [0.15, 0.2) is 17.4 Å². The molecule has 10 nitrogen and oxygen atoms in total. The van der Waals surface area contributed by atoms with Gasteiger partial charge in [0.1, 0.15) is 11.5 Å². The molecular formula is C16H23N7O3S. The number of sulfonamides is 1. The fourth-order valence-electron chi connectivity index (χ4n) is 3.47. The van der Waals surface area contributed by atoms with E-state index in [1.54, 1.807) is 28.9 Å². The predicted octanol–water partition coefficient (Wildman–Crippen LogP) is 0.171. The number of nitrogens with zero attached hydrogens (tertiary/aromatic N) is 7. The summed E-state index contributed by atoms with van der Waals surface area (Å²) >= 11 is 0. The van der Waals surface area contributed by atoms with Crippen molar-refractivity contribution in [3.63, 3.8) is 0 Å². The van der Waals surface area contributed by atoms with Crippen LogP contribution >= 0.6 is 0 Å². The molecular weight excluding hydrogens is 370 g/mol. The van der Waals surface area contributed by atoms with Gasteiger partial charge in [-0.3, -0.25) is 4.79 Å². The van der Waals surface area contributed by atoms with E-state index in [1.807, 2.05) is 11.5 Å². The average Bonchev–Trinajstić information content (AvgIpc) is 3.28. The number of carbonyl (C=O) groups excluding carboxylic acids is 1. The summed E-state index contributed by atoms with van der Waals surface area (Å²) in [5.74, 6) is 0.831. The summed E-state index contributed by atoms with van der Waals surface area (Å²) in [6, 6.07) is -0.0512. The third kappa shape index (κ3) is 3.25. The molecule has 0 saturated carbocycles. The molecule has 2 aliphatic rings. The maximum Gasteiger partial charge on any atom is 0.262 e. The first-order valence-corrected chi connectivity index (χ1v) is 10.5. The molecule has 0 atom stereocenters. The van der Waals surface area contributed by atoms with Crippen LogP contribution in [0.5, 0.6) is 0 Å². The number of carbonyl (C=O) groups is 1. The van der Waals surface area contributed by atoms with Crippen molar-refractivity contribution >= 4 is 15.9 Å². The number of imidazole rings is 1. The summed E-state index contributed by atoms with van der Waals surface area (Å²) < 4.78 is 30.3. The molecule has 0 aromatic carbocycles. The van der Waals surface area contributed by atoms with Crippen molar-refractivity contribution in [3.05, 3.63) is 23.9 Å². The van der Waals surface area contributed by atoms with Gasteiger partial charge in [-0.15, -0.1) is 5.10 Å². The lowest BCUT2D eigenvalue weighted by molar-refractivity contribution is -0.128. The van der Waals surface area contributed by atoms with Crippen LogP contribution in [-0.2, 0) is 27.9 Å². The largest absolute Gasteiger partial charge is 0.337 e. The molecule has 2 aliphatic heterocycles. The van der Waals surface area contributed by atoms with Crippen molar-refractivity contribution in [2.45, 2.75) is 50.8 Å². The molecule has 0 unspecified atom stereocenters. The van der Waals surface area contributed by atoms with Gasteiger partial charge in [0.05, 0.1) is 18.8 Å². The van der Waals surface area contributed by atoms with Crippen molar-refractivity contribution in [2.75, 3.05) is 19.6 Å². The zero-order valence-electron chi connectivity index (χ0n) is 15.4. The lowest BCUT2D eigenvalue weighted by Crippen LogP contribution is -2.50. The number of hydrogen-bond donors (Lipinski definition) is 0. The molecule has 2 fully saturated rings. The Bertz CT molecular complexity index is 959. The Morgan fingerprint density at radius 2 is 2.04 bits per heavy atom. The van der Waals surface area contributed by atoms with E-state index in [-0.39, 0.29) is 17.0 Å². The molecule has 0 bridgehead atoms. The Labute approximate surface area is 157 Å². The zero-order valence-corrected chi connectivity index (χ0v) is 16.3. The van der Waals surface area contributed by atoms with Crippen molar-refractivity contribution in [3.8, 4) is 0 Å². The van der Waals surface area contributed by atoms with Gasteiger partial charge in [-0.25, -0.2) is 18.1 Å². The zero-order chi connectivity index (χ0) is 19.2. The standard InChI is InChI=1S/C16H23N7O3S/c1-3-20-11-15(17-12(20)2)27(25,26)22-9-14(10-22)23-8-13(18-19-23)7-21-6-4-5-16(21)24/h8,11,14H,3-7,9-10H2,1-2H3. The van der Waals surface area contributed by atoms with Crippen LogP contribution in [0.2, 0.25) is 0 Å². The monoisotopic (exact) mass is 393 g/mol. The maximum absolute atomic E-state index is 12.7. The molecule has 11 heteroatoms. The van der Waals surface area contributed by atoms with Crippen LogP contribution in [0.1, 0.15) is 37.3 Å². The summed E-state index contributed by atoms with van der Waals surface area (Å²) in [7, 11) is -3.59. The van der Waals surface area contributed by atoms with E-state index in [0.717, 1.165) is 18.7 Å². The average molecular weight is 393 g/mol. The Hall–Kier alpha value is -2.27. The SMILES string of the molecule is CCn1cc(S(=O)(=O)N2CC(n3cc(CN4CCCC4=O)nn3)C2)nc1C. The number of aryl methyl sites for hydroxylation is 2. The second-order valence-electron chi connectivity index (χ2n) is 7.00. The number of rotatable bonds is 6. The van der Waals surface area contributed by atoms with E-state index in [2.05, 4.69) is 15.3 Å². The Morgan fingerprint density at radius 1 is 1.26 bits per heavy atom. The second-order valence-corrected chi connectivity index (χ2v) is 8.88. The topological polar surface area (TPSA) is 106 Å². The van der Waals surface area contributed by atoms with Crippen molar-refractivity contribution in [1.82, 2.24) is 33.8 Å². The molecule has 27 heavy (non-hydrogen) atoms. The van der Waals surface area contributed by atoms with Gasteiger partial charge in [0, 0.05) is 38.8 Å². The minimum absolute atomic E-state index is 0.0512. The molecule has 0 spiro atoms. The molecule has 2 aromatic heterocycles. The van der Waals surface area contributed by atoms with E-state index in [1.165, 1.54) is 4.31 Å². The normalized spacial score (nSPS) is 19.0. The van der Waals surface area contributed by atoms with E-state index >= 15 is 0 Å². The summed E-state index contributed by atoms with van der Waals surface area (Å²) in [5.41, 5.74) is 0.726. The highest BCUT2D eigenvalue weighted by Crippen LogP contribution is 2.27. The highest BCUT2D eigenvalue weighted by molar-refractivity contribution is 7.89. The maximum atomic E-state index is 12.7. The smallest absolute Gasteiger partial charge is 0.262 e. The lowest BCUT2D eigenvalue weighted by atomic mass is 10.2. The summed E-state index contributed by atoms with van der Waals surface area (Å²) in [6.07, 6.45) is 4.86. The van der Waals surface area contributed by atoms with Crippen molar-refractivity contribution in [1.29, 1.82) is 0 Å². The Morgan fingerprint density at radius 3 is 2.67 bits per heavy atom. The fourth-order valence-corrected chi connectivity index (χ4v) is 4.98. The Balaban J connectivity index is 1.39. The van der Waals surface area contributed by atoms with Gasteiger partial charge in [-0.2, -0.15) is 4.31 Å². The molecule has 2 aromatic rings. The summed E-state index contributed by atoms with van der Waals surface area (Å²) in [4.78, 5) is 17.7. The highest BCUT2D eigenvalue weighted by Gasteiger charge is 2.39. The highest BCUT2D eigenvalue weighted by atomic mass is 32.2. The molecule has 0 radical (unpaired) electrons. The number of likely N-dealkylation sites (tertiary alicyclic amines) is 1. The van der Waals surface area contributed by atoms with Gasteiger partial charge in [-0.1, -0.05) is 5.21 Å². The quantitative estimate of drug-likeness (QED) is 0.693. The van der Waals surface area contributed by atoms with Crippen molar-refractivity contribution in [2.24, 2.45) is 0 Å². The van der Waals surface area contributed by atoms with Crippen LogP contribution in [0.3, 0.4) is 0 Å². The molecule has 146 valence electrons. The van der Waals surface area contributed by atoms with Gasteiger partial charge < -0.3 is 9.47 Å². The minimum Gasteiger partial charge on any atom is -0.337 e. The first-order chi connectivity index (χ1) is 12.9. The lowest BCUT2D eigenvalue weighted by Gasteiger charge is -2.37. The minimum atomic E-state index is -3.59. The van der Waals surface area contributed by atoms with E-state index in [9.17, 15) is 13.2 Å². The van der Waals surface area contributed by atoms with E-state index < -0.39 is 10.0 Å².